The summed E-state index contributed by atoms with van der Waals surface area (Å²) in [6, 6.07) is 19.4. The molecule has 0 aliphatic carbocycles. The molecule has 0 radical (unpaired) electrons. The Balaban J connectivity index is 1.52. The molecule has 0 unspecified atom stereocenters. The zero-order chi connectivity index (χ0) is 20.7. The zero-order valence-corrected chi connectivity index (χ0v) is 16.9. The van der Waals surface area contributed by atoms with Crippen LogP contribution in [0.25, 0.3) is 11.5 Å². The molecule has 4 aromatic rings. The minimum atomic E-state index is -0.00319. The number of aryl methyl sites for hydroxylation is 1. The van der Waals surface area contributed by atoms with Gasteiger partial charge in [0.2, 0.25) is 0 Å². The summed E-state index contributed by atoms with van der Waals surface area (Å²) >= 11 is 0. The molecule has 0 saturated heterocycles. The molecule has 2 aromatic heterocycles. The van der Waals surface area contributed by atoms with Crippen LogP contribution in [-0.2, 0) is 13.1 Å². The molecule has 150 valence electrons. The Bertz CT molecular complexity index is 1210. The first kappa shape index (κ1) is 18.2. The topological polar surface area (TPSA) is 52.3 Å². The smallest absolute Gasteiger partial charge is 0.254 e. The summed E-state index contributed by atoms with van der Waals surface area (Å²) in [5.41, 5.74) is 4.86. The van der Waals surface area contributed by atoms with Crippen molar-refractivity contribution in [3.05, 3.63) is 95.4 Å². The van der Waals surface area contributed by atoms with Gasteiger partial charge in [-0.05, 0) is 55.0 Å². The number of rotatable bonds is 4. The summed E-state index contributed by atoms with van der Waals surface area (Å²) in [4.78, 5) is 14.9. The van der Waals surface area contributed by atoms with E-state index in [9.17, 15) is 4.79 Å². The van der Waals surface area contributed by atoms with Gasteiger partial charge in [0.25, 0.3) is 5.91 Å². The van der Waals surface area contributed by atoms with Crippen molar-refractivity contribution < 1.29 is 9.53 Å². The molecule has 0 N–H and O–H groups in total. The Morgan fingerprint density at radius 2 is 1.70 bits per heavy atom. The fraction of sp³-hybridized carbons (Fsp3) is 0.167. The van der Waals surface area contributed by atoms with Gasteiger partial charge < -0.3 is 14.2 Å². The van der Waals surface area contributed by atoms with E-state index in [0.717, 1.165) is 34.1 Å². The summed E-state index contributed by atoms with van der Waals surface area (Å²) in [6.07, 6.45) is 4.03. The molecule has 6 nitrogen and oxygen atoms in total. The summed E-state index contributed by atoms with van der Waals surface area (Å²) < 4.78 is 9.26. The van der Waals surface area contributed by atoms with Crippen LogP contribution in [0.4, 0.5) is 0 Å². The SMILES string of the molecule is COc1ccc(C(=O)N2Cc3nn(-c4ccccc4C)c(-n4cccc4)c3C2)cc1. The quantitative estimate of drug-likeness (QED) is 0.519. The molecule has 1 aliphatic rings. The van der Waals surface area contributed by atoms with E-state index < -0.39 is 0 Å². The average Bonchev–Trinajstić information content (AvgIpc) is 3.50. The largest absolute Gasteiger partial charge is 0.497 e. The van der Waals surface area contributed by atoms with Gasteiger partial charge in [-0.15, -0.1) is 0 Å². The fourth-order valence-electron chi connectivity index (χ4n) is 3.97. The maximum absolute atomic E-state index is 13.1. The van der Waals surface area contributed by atoms with Crippen LogP contribution in [-0.4, -0.2) is 32.3 Å². The highest BCUT2D eigenvalue weighted by Gasteiger charge is 2.32. The molecule has 0 atom stereocenters. The summed E-state index contributed by atoms with van der Waals surface area (Å²) in [7, 11) is 1.62. The molecule has 2 aromatic carbocycles. The monoisotopic (exact) mass is 398 g/mol. The second-order valence-electron chi connectivity index (χ2n) is 7.43. The number of carbonyl (C=O) groups excluding carboxylic acids is 1. The molecular formula is C24H22N4O2. The Hall–Kier alpha value is -3.80. The third-order valence-corrected chi connectivity index (χ3v) is 5.55. The molecule has 3 heterocycles. The number of para-hydroxylation sites is 1. The van der Waals surface area contributed by atoms with Crippen LogP contribution in [0, 0.1) is 6.92 Å². The number of fused-ring (bicyclic) bond motifs is 1. The standard InChI is InChI=1S/C24H22N4O2/c1-17-7-3-4-8-22(17)28-23(26-13-5-6-14-26)20-15-27(16-21(20)25-28)24(29)18-9-11-19(30-2)12-10-18/h3-14H,15-16H2,1-2H3. The van der Waals surface area contributed by atoms with Crippen molar-refractivity contribution in [1.82, 2.24) is 19.2 Å². The van der Waals surface area contributed by atoms with E-state index in [0.29, 0.717) is 18.7 Å². The molecule has 6 heteroatoms. The number of benzene rings is 2. The minimum Gasteiger partial charge on any atom is -0.497 e. The molecule has 1 amide bonds. The average molecular weight is 398 g/mol. The summed E-state index contributed by atoms with van der Waals surface area (Å²) in [5.74, 6) is 1.71. The summed E-state index contributed by atoms with van der Waals surface area (Å²) in [5, 5.41) is 4.91. The third kappa shape index (κ3) is 2.97. The molecular weight excluding hydrogens is 376 g/mol. The van der Waals surface area contributed by atoms with Crippen molar-refractivity contribution >= 4 is 5.91 Å². The molecule has 5 rings (SSSR count). The van der Waals surface area contributed by atoms with E-state index in [2.05, 4.69) is 23.6 Å². The van der Waals surface area contributed by atoms with Crippen LogP contribution in [0.5, 0.6) is 5.75 Å². The van der Waals surface area contributed by atoms with E-state index in [-0.39, 0.29) is 5.91 Å². The van der Waals surface area contributed by atoms with E-state index >= 15 is 0 Å². The van der Waals surface area contributed by atoms with Gasteiger partial charge >= 0.3 is 0 Å². The van der Waals surface area contributed by atoms with Crippen molar-refractivity contribution in [2.75, 3.05) is 7.11 Å². The number of carbonyl (C=O) groups is 1. The van der Waals surface area contributed by atoms with Crippen LogP contribution in [0.1, 0.15) is 27.2 Å². The Kier molecular flexibility index (Phi) is 4.39. The van der Waals surface area contributed by atoms with Crippen LogP contribution in [0.15, 0.2) is 73.1 Å². The zero-order valence-electron chi connectivity index (χ0n) is 16.9. The molecule has 1 aliphatic heterocycles. The maximum atomic E-state index is 13.1. The molecule has 0 spiro atoms. The van der Waals surface area contributed by atoms with Crippen LogP contribution >= 0.6 is 0 Å². The molecule has 0 saturated carbocycles. The van der Waals surface area contributed by atoms with Gasteiger partial charge in [0.05, 0.1) is 31.6 Å². The second kappa shape index (κ2) is 7.22. The van der Waals surface area contributed by atoms with Crippen molar-refractivity contribution in [2.45, 2.75) is 20.0 Å². The summed E-state index contributed by atoms with van der Waals surface area (Å²) in [6.45, 7) is 3.11. The maximum Gasteiger partial charge on any atom is 0.254 e. The van der Waals surface area contributed by atoms with Crippen LogP contribution in [0.3, 0.4) is 0 Å². The number of ether oxygens (including phenoxy) is 1. The highest BCUT2D eigenvalue weighted by Crippen LogP contribution is 2.32. The predicted octanol–water partition coefficient (Wildman–Crippen LogP) is 4.14. The highest BCUT2D eigenvalue weighted by molar-refractivity contribution is 5.94. The fourth-order valence-corrected chi connectivity index (χ4v) is 3.97. The van der Waals surface area contributed by atoms with Crippen molar-refractivity contribution in [3.63, 3.8) is 0 Å². The van der Waals surface area contributed by atoms with E-state index in [1.165, 1.54) is 0 Å². The first-order valence-electron chi connectivity index (χ1n) is 9.89. The number of aromatic nitrogens is 3. The van der Waals surface area contributed by atoms with Crippen LogP contribution < -0.4 is 4.74 Å². The first-order valence-corrected chi connectivity index (χ1v) is 9.89. The van der Waals surface area contributed by atoms with Gasteiger partial charge in [0.15, 0.2) is 0 Å². The predicted molar refractivity (Wildman–Crippen MR) is 114 cm³/mol. The lowest BCUT2D eigenvalue weighted by atomic mass is 10.2. The van der Waals surface area contributed by atoms with Crippen molar-refractivity contribution in [2.24, 2.45) is 0 Å². The second-order valence-corrected chi connectivity index (χ2v) is 7.43. The van der Waals surface area contributed by atoms with Gasteiger partial charge in [-0.3, -0.25) is 4.79 Å². The lowest BCUT2D eigenvalue weighted by molar-refractivity contribution is 0.0749. The van der Waals surface area contributed by atoms with Gasteiger partial charge in [0.1, 0.15) is 11.6 Å². The number of methoxy groups -OCH3 is 1. The molecule has 0 fully saturated rings. The normalized spacial score (nSPS) is 12.8. The number of nitrogens with zero attached hydrogens (tertiary/aromatic N) is 4. The van der Waals surface area contributed by atoms with E-state index in [1.54, 1.807) is 19.2 Å². The molecule has 30 heavy (non-hydrogen) atoms. The van der Waals surface area contributed by atoms with Gasteiger partial charge in [-0.25, -0.2) is 4.68 Å². The van der Waals surface area contributed by atoms with Crippen molar-refractivity contribution in [1.29, 1.82) is 0 Å². The first-order chi connectivity index (χ1) is 14.7. The Labute approximate surface area is 174 Å². The lowest BCUT2D eigenvalue weighted by Crippen LogP contribution is -2.26. The molecule has 0 bridgehead atoms. The van der Waals surface area contributed by atoms with Crippen LogP contribution in [0.2, 0.25) is 0 Å². The number of hydrogen-bond donors (Lipinski definition) is 0. The van der Waals surface area contributed by atoms with E-state index in [1.807, 2.05) is 58.4 Å². The Morgan fingerprint density at radius 3 is 2.40 bits per heavy atom. The van der Waals surface area contributed by atoms with Gasteiger partial charge in [-0.1, -0.05) is 18.2 Å². The van der Waals surface area contributed by atoms with Gasteiger partial charge in [0, 0.05) is 23.5 Å². The van der Waals surface area contributed by atoms with Gasteiger partial charge in [-0.2, -0.15) is 5.10 Å². The number of hydrogen-bond acceptors (Lipinski definition) is 3. The highest BCUT2D eigenvalue weighted by atomic mass is 16.5. The van der Waals surface area contributed by atoms with E-state index in [4.69, 9.17) is 9.84 Å². The number of amides is 1. The van der Waals surface area contributed by atoms with Crippen molar-refractivity contribution in [3.8, 4) is 17.3 Å². The third-order valence-electron chi connectivity index (χ3n) is 5.55. The minimum absolute atomic E-state index is 0.00319. The lowest BCUT2D eigenvalue weighted by Gasteiger charge is -2.18. The Morgan fingerprint density at radius 1 is 0.967 bits per heavy atom.